The van der Waals surface area contributed by atoms with Gasteiger partial charge in [-0.25, -0.2) is 0 Å². The van der Waals surface area contributed by atoms with E-state index in [4.69, 9.17) is 23.4 Å². The topological polar surface area (TPSA) is 99.5 Å². The predicted octanol–water partition coefficient (Wildman–Crippen LogP) is 4.68. The first-order valence-electron chi connectivity index (χ1n) is 11.9. The second-order valence-electron chi connectivity index (χ2n) is 8.68. The van der Waals surface area contributed by atoms with Crippen molar-refractivity contribution in [1.29, 1.82) is 0 Å². The highest BCUT2D eigenvalue weighted by Gasteiger charge is 2.22. The maximum absolute atomic E-state index is 13.3. The molecule has 0 aliphatic heterocycles. The molecule has 0 unspecified atom stereocenters. The Balaban J connectivity index is 1.73. The molecule has 9 nitrogen and oxygen atoms in total. The molecule has 1 aromatic heterocycles. The van der Waals surface area contributed by atoms with E-state index < -0.39 is 0 Å². The molecule has 0 radical (unpaired) electrons. The molecule has 0 atom stereocenters. The summed E-state index contributed by atoms with van der Waals surface area (Å²) in [5.74, 6) is 1.42. The van der Waals surface area contributed by atoms with Crippen molar-refractivity contribution in [2.75, 3.05) is 53.9 Å². The summed E-state index contributed by atoms with van der Waals surface area (Å²) in [5.41, 5.74) is 1.52. The van der Waals surface area contributed by atoms with E-state index in [1.165, 1.54) is 27.4 Å². The highest BCUT2D eigenvalue weighted by molar-refractivity contribution is 6.06. The van der Waals surface area contributed by atoms with E-state index in [1.807, 2.05) is 19.0 Å². The number of hydrogen-bond donors (Lipinski definition) is 1. The zero-order chi connectivity index (χ0) is 27.2. The van der Waals surface area contributed by atoms with E-state index in [1.54, 1.807) is 54.6 Å². The van der Waals surface area contributed by atoms with E-state index in [0.717, 1.165) is 0 Å². The van der Waals surface area contributed by atoms with Crippen LogP contribution < -0.4 is 29.7 Å². The molecule has 0 aliphatic carbocycles. The molecule has 1 heterocycles. The Morgan fingerprint density at radius 1 is 0.895 bits per heavy atom. The van der Waals surface area contributed by atoms with Gasteiger partial charge in [-0.05, 0) is 38.4 Å². The number of rotatable bonds is 10. The van der Waals surface area contributed by atoms with Gasteiger partial charge >= 0.3 is 0 Å². The zero-order valence-corrected chi connectivity index (χ0v) is 22.0. The minimum Gasteiger partial charge on any atom is -0.496 e. The standard InChI is InChI=1S/C29H30N2O7/c1-31(2)13-14-37-28-26-21(32)16-23(38-24(26)17-25(35-4)27(28)36-5)18-9-8-10-19(15-18)30-29(33)20-11-6-7-12-22(20)34-3/h6-12,15-17H,13-14H2,1-5H3,(H,30,33). The van der Waals surface area contributed by atoms with Crippen molar-refractivity contribution in [2.24, 2.45) is 0 Å². The van der Waals surface area contributed by atoms with Crippen LogP contribution in [0.3, 0.4) is 0 Å². The second kappa shape index (κ2) is 11.7. The summed E-state index contributed by atoms with van der Waals surface area (Å²) >= 11 is 0. The number of methoxy groups -OCH3 is 3. The number of carbonyl (C=O) groups is 1. The number of ether oxygens (including phenoxy) is 4. The fourth-order valence-electron chi connectivity index (χ4n) is 3.98. The molecule has 0 saturated carbocycles. The third-order valence-electron chi connectivity index (χ3n) is 5.86. The van der Waals surface area contributed by atoms with Crippen molar-refractivity contribution < 1.29 is 28.2 Å². The lowest BCUT2D eigenvalue weighted by Crippen LogP contribution is -2.20. The molecule has 0 spiro atoms. The fraction of sp³-hybridized carbons (Fsp3) is 0.241. The first-order chi connectivity index (χ1) is 18.4. The van der Waals surface area contributed by atoms with E-state index in [0.29, 0.717) is 53.0 Å². The Kier molecular flexibility index (Phi) is 8.18. The Bertz CT molecular complexity index is 1510. The van der Waals surface area contributed by atoms with Gasteiger partial charge in [0, 0.05) is 29.9 Å². The molecular formula is C29H30N2O7. The highest BCUT2D eigenvalue weighted by Crippen LogP contribution is 2.43. The summed E-state index contributed by atoms with van der Waals surface area (Å²) in [4.78, 5) is 28.2. The molecule has 0 bridgehead atoms. The van der Waals surface area contributed by atoms with Crippen molar-refractivity contribution in [2.45, 2.75) is 0 Å². The lowest BCUT2D eigenvalue weighted by molar-refractivity contribution is 0.102. The van der Waals surface area contributed by atoms with Gasteiger partial charge < -0.3 is 33.6 Å². The molecule has 3 aromatic carbocycles. The van der Waals surface area contributed by atoms with Gasteiger partial charge in [-0.2, -0.15) is 0 Å². The Hall–Kier alpha value is -4.50. The summed E-state index contributed by atoms with van der Waals surface area (Å²) in [5, 5.41) is 3.13. The van der Waals surface area contributed by atoms with Gasteiger partial charge in [0.1, 0.15) is 29.1 Å². The SMILES string of the molecule is COc1ccccc1C(=O)Nc1cccc(-c2cc(=O)c3c(OCCN(C)C)c(OC)c(OC)cc3o2)c1. The van der Waals surface area contributed by atoms with Gasteiger partial charge in [0.25, 0.3) is 5.91 Å². The summed E-state index contributed by atoms with van der Waals surface area (Å²) in [6.45, 7) is 0.972. The van der Waals surface area contributed by atoms with Crippen molar-refractivity contribution in [3.63, 3.8) is 0 Å². The molecule has 0 aliphatic rings. The van der Waals surface area contributed by atoms with Crippen molar-refractivity contribution in [3.05, 3.63) is 76.5 Å². The van der Waals surface area contributed by atoms with Gasteiger partial charge in [0.05, 0.1) is 26.9 Å². The van der Waals surface area contributed by atoms with Crippen LogP contribution in [0.1, 0.15) is 10.4 Å². The average molecular weight is 519 g/mol. The number of likely N-dealkylation sites (N-methyl/N-ethyl adjacent to an activating group) is 1. The van der Waals surface area contributed by atoms with Crippen molar-refractivity contribution in [3.8, 4) is 34.3 Å². The minimum atomic E-state index is -0.323. The van der Waals surface area contributed by atoms with Gasteiger partial charge in [-0.1, -0.05) is 24.3 Å². The number of carbonyl (C=O) groups excluding carboxylic acids is 1. The van der Waals surface area contributed by atoms with Gasteiger partial charge in [0.15, 0.2) is 16.9 Å². The number of nitrogens with one attached hydrogen (secondary N) is 1. The second-order valence-corrected chi connectivity index (χ2v) is 8.68. The first-order valence-corrected chi connectivity index (χ1v) is 11.9. The number of benzene rings is 3. The summed E-state index contributed by atoms with van der Waals surface area (Å²) in [6, 6.07) is 17.0. The number of anilines is 1. The van der Waals surface area contributed by atoms with Gasteiger partial charge in [-0.3, -0.25) is 9.59 Å². The fourth-order valence-corrected chi connectivity index (χ4v) is 3.98. The number of nitrogens with zero attached hydrogens (tertiary/aromatic N) is 1. The van der Waals surface area contributed by atoms with Crippen LogP contribution in [0.25, 0.3) is 22.3 Å². The first kappa shape index (κ1) is 26.6. The molecule has 198 valence electrons. The molecule has 38 heavy (non-hydrogen) atoms. The van der Waals surface area contributed by atoms with Gasteiger partial charge in [0.2, 0.25) is 5.75 Å². The summed E-state index contributed by atoms with van der Waals surface area (Å²) in [6.07, 6.45) is 0. The summed E-state index contributed by atoms with van der Waals surface area (Å²) < 4.78 is 28.4. The van der Waals surface area contributed by atoms with Gasteiger partial charge in [-0.15, -0.1) is 0 Å². The number of para-hydroxylation sites is 1. The largest absolute Gasteiger partial charge is 0.496 e. The van der Waals surface area contributed by atoms with Crippen molar-refractivity contribution in [1.82, 2.24) is 4.90 Å². The number of hydrogen-bond acceptors (Lipinski definition) is 8. The molecule has 0 fully saturated rings. The Morgan fingerprint density at radius 3 is 2.37 bits per heavy atom. The van der Waals surface area contributed by atoms with Crippen LogP contribution in [0.5, 0.6) is 23.0 Å². The molecule has 9 heteroatoms. The molecule has 1 amide bonds. The van der Waals surface area contributed by atoms with E-state index in [2.05, 4.69) is 5.32 Å². The predicted molar refractivity (Wildman–Crippen MR) is 146 cm³/mol. The van der Waals surface area contributed by atoms with Crippen LogP contribution in [0.2, 0.25) is 0 Å². The van der Waals surface area contributed by atoms with Crippen LogP contribution in [-0.4, -0.2) is 59.4 Å². The maximum atomic E-state index is 13.3. The summed E-state index contributed by atoms with van der Waals surface area (Å²) in [7, 11) is 8.36. The third-order valence-corrected chi connectivity index (χ3v) is 5.86. The van der Waals surface area contributed by atoms with Crippen LogP contribution in [0.4, 0.5) is 5.69 Å². The quantitative estimate of drug-likeness (QED) is 0.323. The minimum absolute atomic E-state index is 0.255. The number of amides is 1. The van der Waals surface area contributed by atoms with E-state index in [9.17, 15) is 9.59 Å². The normalized spacial score (nSPS) is 10.9. The van der Waals surface area contributed by atoms with Crippen LogP contribution in [0, 0.1) is 0 Å². The van der Waals surface area contributed by atoms with Crippen LogP contribution in [-0.2, 0) is 0 Å². The van der Waals surface area contributed by atoms with Crippen LogP contribution >= 0.6 is 0 Å². The highest BCUT2D eigenvalue weighted by atomic mass is 16.5. The van der Waals surface area contributed by atoms with E-state index >= 15 is 0 Å². The molecule has 4 aromatic rings. The Labute approximate surface area is 220 Å². The molecule has 1 N–H and O–H groups in total. The van der Waals surface area contributed by atoms with Crippen LogP contribution in [0.15, 0.2) is 69.9 Å². The molecule has 0 saturated heterocycles. The average Bonchev–Trinajstić information content (AvgIpc) is 2.92. The smallest absolute Gasteiger partial charge is 0.259 e. The maximum Gasteiger partial charge on any atom is 0.259 e. The monoisotopic (exact) mass is 518 g/mol. The zero-order valence-electron chi connectivity index (χ0n) is 22.0. The van der Waals surface area contributed by atoms with E-state index in [-0.39, 0.29) is 28.1 Å². The Morgan fingerprint density at radius 2 is 1.66 bits per heavy atom. The number of fused-ring (bicyclic) bond motifs is 1. The van der Waals surface area contributed by atoms with Crippen molar-refractivity contribution >= 4 is 22.6 Å². The lowest BCUT2D eigenvalue weighted by Gasteiger charge is -2.17. The molecule has 4 rings (SSSR count). The third kappa shape index (κ3) is 5.57. The lowest BCUT2D eigenvalue weighted by atomic mass is 10.1. The molecular weight excluding hydrogens is 488 g/mol.